The summed E-state index contributed by atoms with van der Waals surface area (Å²) in [4.78, 5) is 22.7. The largest absolute Gasteiger partial charge is 0.274 e. The minimum absolute atomic E-state index is 0.121. The van der Waals surface area contributed by atoms with E-state index in [-0.39, 0.29) is 5.91 Å². The molecule has 0 atom stereocenters. The number of thiazole rings is 1. The normalized spacial score (nSPS) is 10.8. The molecule has 0 aliphatic carbocycles. The van der Waals surface area contributed by atoms with Gasteiger partial charge in [-0.05, 0) is 30.3 Å². The zero-order chi connectivity index (χ0) is 20.2. The molecule has 2 aromatic heterocycles. The summed E-state index contributed by atoms with van der Waals surface area (Å²) in [6.07, 6.45) is 1.70. The van der Waals surface area contributed by atoms with Crippen molar-refractivity contribution in [2.45, 2.75) is 17.8 Å². The zero-order valence-electron chi connectivity index (χ0n) is 15.4. The fraction of sp³-hybridized carbons (Fsp3) is 0.100. The van der Waals surface area contributed by atoms with Crippen LogP contribution in [0.25, 0.3) is 5.69 Å². The van der Waals surface area contributed by atoms with Crippen molar-refractivity contribution in [2.75, 3.05) is 4.90 Å². The lowest BCUT2D eigenvalue weighted by Gasteiger charge is -2.18. The number of amides is 1. The Hall–Kier alpha value is -2.68. The van der Waals surface area contributed by atoms with Crippen molar-refractivity contribution >= 4 is 51.4 Å². The zero-order valence-corrected chi connectivity index (χ0v) is 17.8. The van der Waals surface area contributed by atoms with Crippen molar-refractivity contribution in [3.63, 3.8) is 0 Å². The first-order valence-electron chi connectivity index (χ1n) is 8.71. The number of aromatic nitrogens is 4. The van der Waals surface area contributed by atoms with Crippen LogP contribution in [0.2, 0.25) is 5.02 Å². The number of hydrogen-bond donors (Lipinski definition) is 0. The van der Waals surface area contributed by atoms with Crippen molar-refractivity contribution in [3.05, 3.63) is 77.0 Å². The second-order valence-corrected chi connectivity index (χ2v) is 8.27. The molecule has 1 amide bonds. The summed E-state index contributed by atoms with van der Waals surface area (Å²) in [5.74, 6) is 0.487. The van der Waals surface area contributed by atoms with Crippen LogP contribution < -0.4 is 4.90 Å². The van der Waals surface area contributed by atoms with E-state index in [1.165, 1.54) is 30.0 Å². The van der Waals surface area contributed by atoms with Crippen molar-refractivity contribution in [1.29, 1.82) is 0 Å². The van der Waals surface area contributed by atoms with Gasteiger partial charge in [-0.1, -0.05) is 47.6 Å². The lowest BCUT2D eigenvalue weighted by atomic mass is 10.3. The van der Waals surface area contributed by atoms with E-state index < -0.39 is 0 Å². The Bertz CT molecular complexity index is 1130. The third kappa shape index (κ3) is 4.67. The van der Waals surface area contributed by atoms with Gasteiger partial charge in [0.25, 0.3) is 0 Å². The predicted octanol–water partition coefficient (Wildman–Crippen LogP) is 5.35. The first-order chi connectivity index (χ1) is 14.1. The number of carbonyl (C=O) groups excluding carboxylic acids is 1. The van der Waals surface area contributed by atoms with Crippen molar-refractivity contribution < 1.29 is 4.79 Å². The Balaban J connectivity index is 1.46. The molecule has 0 radical (unpaired) electrons. The Kier molecular flexibility index (Phi) is 5.94. The highest BCUT2D eigenvalue weighted by Gasteiger charge is 2.18. The fourth-order valence-electron chi connectivity index (χ4n) is 2.67. The molecule has 0 aliphatic rings. The Labute approximate surface area is 181 Å². The highest BCUT2D eigenvalue weighted by molar-refractivity contribution is 7.98. The molecule has 2 heterocycles. The molecule has 0 bridgehead atoms. The lowest BCUT2D eigenvalue weighted by Crippen LogP contribution is -2.22. The third-order valence-corrected chi connectivity index (χ3v) is 5.95. The lowest BCUT2D eigenvalue weighted by molar-refractivity contribution is -0.115. The molecule has 0 N–H and O–H groups in total. The summed E-state index contributed by atoms with van der Waals surface area (Å²) in [5, 5.41) is 8.28. The highest BCUT2D eigenvalue weighted by atomic mass is 35.5. The summed E-state index contributed by atoms with van der Waals surface area (Å²) in [5.41, 5.74) is 2.52. The van der Waals surface area contributed by atoms with Crippen LogP contribution in [0.1, 0.15) is 12.6 Å². The smallest absolute Gasteiger partial charge is 0.230 e. The molecule has 9 heteroatoms. The van der Waals surface area contributed by atoms with Gasteiger partial charge in [-0.15, -0.1) is 16.4 Å². The van der Waals surface area contributed by atoms with Gasteiger partial charge >= 0.3 is 0 Å². The molecule has 0 saturated heterocycles. The first-order valence-corrected chi connectivity index (χ1v) is 10.9. The predicted molar refractivity (Wildman–Crippen MR) is 117 cm³/mol. The van der Waals surface area contributed by atoms with Crippen LogP contribution in [0, 0.1) is 0 Å². The van der Waals surface area contributed by atoms with E-state index in [1.807, 2.05) is 47.8 Å². The van der Waals surface area contributed by atoms with Gasteiger partial charge in [-0.2, -0.15) is 0 Å². The van der Waals surface area contributed by atoms with Gasteiger partial charge < -0.3 is 0 Å². The number of halogens is 1. The molecular weight excluding hydrogens is 426 g/mol. The number of thioether (sulfide) groups is 1. The first kappa shape index (κ1) is 19.6. The number of anilines is 2. The molecule has 146 valence electrons. The summed E-state index contributed by atoms with van der Waals surface area (Å²) in [7, 11) is 0. The summed E-state index contributed by atoms with van der Waals surface area (Å²) in [6.45, 7) is 1.51. The molecule has 0 aliphatic heterocycles. The van der Waals surface area contributed by atoms with E-state index in [0.717, 1.165) is 11.4 Å². The van der Waals surface area contributed by atoms with Gasteiger partial charge in [0.05, 0.1) is 17.1 Å². The molecule has 2 aromatic carbocycles. The number of hydrogen-bond acceptors (Lipinski definition) is 6. The van der Waals surface area contributed by atoms with E-state index >= 15 is 0 Å². The molecule has 0 saturated carbocycles. The molecule has 4 rings (SSSR count). The van der Waals surface area contributed by atoms with Gasteiger partial charge in [0.15, 0.2) is 5.13 Å². The van der Waals surface area contributed by atoms with Gasteiger partial charge in [0, 0.05) is 23.1 Å². The number of para-hydroxylation sites is 1. The molecular formula is C20H16ClN5OS2. The Morgan fingerprint density at radius 2 is 2.03 bits per heavy atom. The SMILES string of the molecule is CC(=O)N(c1cccc(Cl)c1)c1nc(CSc2ncn(-c3ccccc3)n2)cs1. The standard InChI is InChI=1S/C20H16ClN5OS2/c1-14(27)26(18-9-5-6-15(21)10-18)20-23-16(12-29-20)11-28-19-22-13-25(24-19)17-7-3-2-4-8-17/h2-10,12-13H,11H2,1H3. The Morgan fingerprint density at radius 1 is 1.21 bits per heavy atom. The number of nitrogens with zero attached hydrogens (tertiary/aromatic N) is 5. The minimum atomic E-state index is -0.121. The molecule has 0 spiro atoms. The van der Waals surface area contributed by atoms with Gasteiger partial charge in [-0.25, -0.2) is 14.6 Å². The van der Waals surface area contributed by atoms with Crippen molar-refractivity contribution in [2.24, 2.45) is 0 Å². The van der Waals surface area contributed by atoms with E-state index in [4.69, 9.17) is 11.6 Å². The van der Waals surface area contributed by atoms with Crippen LogP contribution in [0.4, 0.5) is 10.8 Å². The summed E-state index contributed by atoms with van der Waals surface area (Å²) >= 11 is 8.99. The van der Waals surface area contributed by atoms with Gasteiger partial charge in [0.2, 0.25) is 11.1 Å². The van der Waals surface area contributed by atoms with Crippen molar-refractivity contribution in [3.8, 4) is 5.69 Å². The molecule has 0 unspecified atom stereocenters. The maximum Gasteiger partial charge on any atom is 0.230 e. The molecule has 0 fully saturated rings. The number of benzene rings is 2. The number of rotatable bonds is 6. The second kappa shape index (κ2) is 8.77. The highest BCUT2D eigenvalue weighted by Crippen LogP contribution is 2.31. The molecule has 29 heavy (non-hydrogen) atoms. The van der Waals surface area contributed by atoms with Crippen LogP contribution in [-0.4, -0.2) is 25.7 Å². The fourth-order valence-corrected chi connectivity index (χ4v) is 4.53. The van der Waals surface area contributed by atoms with Crippen LogP contribution >= 0.6 is 34.7 Å². The third-order valence-electron chi connectivity index (χ3n) is 3.95. The van der Waals surface area contributed by atoms with Crippen LogP contribution in [0.15, 0.2) is 71.5 Å². The summed E-state index contributed by atoms with van der Waals surface area (Å²) in [6, 6.07) is 17.0. The molecule has 6 nitrogen and oxygen atoms in total. The number of carbonyl (C=O) groups is 1. The van der Waals surface area contributed by atoms with Crippen LogP contribution in [-0.2, 0) is 10.5 Å². The topological polar surface area (TPSA) is 63.9 Å². The maximum atomic E-state index is 12.2. The second-order valence-electron chi connectivity index (χ2n) is 6.05. The summed E-state index contributed by atoms with van der Waals surface area (Å²) < 4.78 is 1.74. The monoisotopic (exact) mass is 441 g/mol. The maximum absolute atomic E-state index is 12.2. The van der Waals surface area contributed by atoms with E-state index in [2.05, 4.69) is 15.1 Å². The minimum Gasteiger partial charge on any atom is -0.274 e. The average Bonchev–Trinajstić information content (AvgIpc) is 3.37. The van der Waals surface area contributed by atoms with Gasteiger partial charge in [0.1, 0.15) is 6.33 Å². The van der Waals surface area contributed by atoms with Crippen LogP contribution in [0.5, 0.6) is 0 Å². The average molecular weight is 442 g/mol. The van der Waals surface area contributed by atoms with E-state index in [9.17, 15) is 4.79 Å². The van der Waals surface area contributed by atoms with Gasteiger partial charge in [-0.3, -0.25) is 9.69 Å². The Morgan fingerprint density at radius 3 is 2.79 bits per heavy atom. The van der Waals surface area contributed by atoms with E-state index in [0.29, 0.717) is 26.8 Å². The molecule has 4 aromatic rings. The van der Waals surface area contributed by atoms with Crippen molar-refractivity contribution in [1.82, 2.24) is 19.7 Å². The van der Waals surface area contributed by atoms with Crippen LogP contribution in [0.3, 0.4) is 0 Å². The quantitative estimate of drug-likeness (QED) is 0.377. The van der Waals surface area contributed by atoms with E-state index in [1.54, 1.807) is 28.0 Å².